The van der Waals surface area contributed by atoms with Gasteiger partial charge in [0.05, 0.1) is 0 Å². The summed E-state index contributed by atoms with van der Waals surface area (Å²) in [4.78, 5) is 2.80. The van der Waals surface area contributed by atoms with Crippen LogP contribution in [0.4, 0.5) is 0 Å². The summed E-state index contributed by atoms with van der Waals surface area (Å²) in [5.41, 5.74) is 0. The first-order valence-corrected chi connectivity index (χ1v) is 7.79. The molecule has 2 aliphatic rings. The molecule has 3 unspecified atom stereocenters. The molecule has 0 spiro atoms. The van der Waals surface area contributed by atoms with Gasteiger partial charge in [-0.15, -0.1) is 0 Å². The third-order valence-corrected chi connectivity index (χ3v) is 4.83. The molecule has 1 N–H and O–H groups in total. The predicted octanol–water partition coefficient (Wildman–Crippen LogP) is 2.89. The number of nitrogens with one attached hydrogen (secondary N) is 1. The first-order valence-electron chi connectivity index (χ1n) is 7.79. The quantitative estimate of drug-likeness (QED) is 0.765. The Bertz CT molecular complexity index is 217. The molecule has 3 atom stereocenters. The predicted molar refractivity (Wildman–Crippen MR) is 74.3 cm³/mol. The monoisotopic (exact) mass is 238 g/mol. The van der Waals surface area contributed by atoms with Gasteiger partial charge in [-0.3, -0.25) is 4.90 Å². The highest BCUT2D eigenvalue weighted by Crippen LogP contribution is 2.28. The van der Waals surface area contributed by atoms with Gasteiger partial charge in [0, 0.05) is 19.1 Å². The second-order valence-electron chi connectivity index (χ2n) is 6.04. The van der Waals surface area contributed by atoms with Crippen molar-refractivity contribution < 1.29 is 0 Å². The summed E-state index contributed by atoms with van der Waals surface area (Å²) >= 11 is 0. The summed E-state index contributed by atoms with van der Waals surface area (Å²) in [7, 11) is 0. The van der Waals surface area contributed by atoms with Crippen molar-refractivity contribution in [1.82, 2.24) is 10.2 Å². The highest BCUT2D eigenvalue weighted by Gasteiger charge is 2.35. The van der Waals surface area contributed by atoms with Crippen LogP contribution in [0.15, 0.2) is 0 Å². The molecule has 2 heterocycles. The highest BCUT2D eigenvalue weighted by atomic mass is 15.2. The zero-order valence-electron chi connectivity index (χ0n) is 11.8. The SMILES string of the molecule is CCCCC(CC)CN1CCCC2CNCC21. The fourth-order valence-corrected chi connectivity index (χ4v) is 3.64. The molecule has 2 fully saturated rings. The van der Waals surface area contributed by atoms with Crippen molar-refractivity contribution >= 4 is 0 Å². The van der Waals surface area contributed by atoms with Crippen molar-refractivity contribution in [3.05, 3.63) is 0 Å². The molecule has 17 heavy (non-hydrogen) atoms. The van der Waals surface area contributed by atoms with Crippen molar-refractivity contribution in [2.75, 3.05) is 26.2 Å². The average molecular weight is 238 g/mol. The van der Waals surface area contributed by atoms with Crippen LogP contribution in [-0.2, 0) is 0 Å². The molecule has 100 valence electrons. The number of fused-ring (bicyclic) bond motifs is 1. The summed E-state index contributed by atoms with van der Waals surface area (Å²) in [6.07, 6.45) is 8.45. The van der Waals surface area contributed by atoms with E-state index in [4.69, 9.17) is 0 Å². The van der Waals surface area contributed by atoms with Gasteiger partial charge < -0.3 is 5.32 Å². The zero-order valence-corrected chi connectivity index (χ0v) is 11.8. The Labute approximate surface area is 107 Å². The van der Waals surface area contributed by atoms with Gasteiger partial charge in [0.2, 0.25) is 0 Å². The van der Waals surface area contributed by atoms with Gasteiger partial charge in [-0.1, -0.05) is 33.1 Å². The van der Waals surface area contributed by atoms with Gasteiger partial charge in [0.15, 0.2) is 0 Å². The number of rotatable bonds is 6. The molecule has 0 aromatic rings. The molecule has 0 radical (unpaired) electrons. The largest absolute Gasteiger partial charge is 0.315 e. The summed E-state index contributed by atoms with van der Waals surface area (Å²) in [5, 5.41) is 3.59. The summed E-state index contributed by atoms with van der Waals surface area (Å²) < 4.78 is 0. The molecule has 0 aromatic heterocycles. The maximum atomic E-state index is 3.59. The van der Waals surface area contributed by atoms with E-state index in [1.54, 1.807) is 0 Å². The van der Waals surface area contributed by atoms with E-state index in [0.29, 0.717) is 0 Å². The molecule has 2 aliphatic heterocycles. The molecule has 2 rings (SSSR count). The molecule has 0 saturated carbocycles. The van der Waals surface area contributed by atoms with Crippen LogP contribution in [0.2, 0.25) is 0 Å². The smallest absolute Gasteiger partial charge is 0.0261 e. The van der Waals surface area contributed by atoms with Gasteiger partial charge in [-0.2, -0.15) is 0 Å². The lowest BCUT2D eigenvalue weighted by atomic mass is 9.90. The van der Waals surface area contributed by atoms with Crippen molar-refractivity contribution in [3.63, 3.8) is 0 Å². The Balaban J connectivity index is 1.83. The van der Waals surface area contributed by atoms with Gasteiger partial charge >= 0.3 is 0 Å². The van der Waals surface area contributed by atoms with E-state index in [9.17, 15) is 0 Å². The van der Waals surface area contributed by atoms with Crippen LogP contribution in [0.25, 0.3) is 0 Å². The van der Waals surface area contributed by atoms with E-state index in [0.717, 1.165) is 17.9 Å². The van der Waals surface area contributed by atoms with Crippen LogP contribution < -0.4 is 5.32 Å². The number of piperidine rings is 1. The lowest BCUT2D eigenvalue weighted by Crippen LogP contribution is -2.47. The van der Waals surface area contributed by atoms with Crippen molar-refractivity contribution in [2.45, 2.75) is 58.4 Å². The minimum atomic E-state index is 0.861. The molecule has 2 heteroatoms. The van der Waals surface area contributed by atoms with Gasteiger partial charge in [-0.05, 0) is 44.2 Å². The molecular formula is C15H30N2. The number of hydrogen-bond acceptors (Lipinski definition) is 2. The molecule has 0 aromatic carbocycles. The second-order valence-corrected chi connectivity index (χ2v) is 6.04. The van der Waals surface area contributed by atoms with E-state index >= 15 is 0 Å². The zero-order chi connectivity index (χ0) is 12.1. The maximum Gasteiger partial charge on any atom is 0.0261 e. The molecule has 0 amide bonds. The van der Waals surface area contributed by atoms with E-state index in [1.807, 2.05) is 0 Å². The van der Waals surface area contributed by atoms with Crippen LogP contribution in [0.5, 0.6) is 0 Å². The first-order chi connectivity index (χ1) is 8.35. The Hall–Kier alpha value is -0.0800. The Morgan fingerprint density at radius 3 is 2.94 bits per heavy atom. The molecule has 2 nitrogen and oxygen atoms in total. The normalized spacial score (nSPS) is 31.4. The third kappa shape index (κ3) is 3.45. The molecule has 2 saturated heterocycles. The average Bonchev–Trinajstić information content (AvgIpc) is 2.83. The van der Waals surface area contributed by atoms with Crippen LogP contribution in [0.3, 0.4) is 0 Å². The van der Waals surface area contributed by atoms with Crippen molar-refractivity contribution in [1.29, 1.82) is 0 Å². The fourth-order valence-electron chi connectivity index (χ4n) is 3.64. The summed E-state index contributed by atoms with van der Waals surface area (Å²) in [6.45, 7) is 9.91. The Kier molecular flexibility index (Phi) is 5.30. The maximum absolute atomic E-state index is 3.59. The van der Waals surface area contributed by atoms with Crippen LogP contribution in [0, 0.1) is 11.8 Å². The van der Waals surface area contributed by atoms with E-state index in [2.05, 4.69) is 24.1 Å². The third-order valence-electron chi connectivity index (χ3n) is 4.83. The number of unbranched alkanes of at least 4 members (excludes halogenated alkanes) is 1. The first kappa shape index (κ1) is 13.4. The topological polar surface area (TPSA) is 15.3 Å². The van der Waals surface area contributed by atoms with Gasteiger partial charge in [0.25, 0.3) is 0 Å². The number of likely N-dealkylation sites (tertiary alicyclic amines) is 1. The van der Waals surface area contributed by atoms with Crippen LogP contribution >= 0.6 is 0 Å². The van der Waals surface area contributed by atoms with E-state index in [-0.39, 0.29) is 0 Å². The molecule has 0 bridgehead atoms. The van der Waals surface area contributed by atoms with Crippen LogP contribution in [0.1, 0.15) is 52.4 Å². The van der Waals surface area contributed by atoms with Crippen molar-refractivity contribution in [2.24, 2.45) is 11.8 Å². The van der Waals surface area contributed by atoms with Crippen molar-refractivity contribution in [3.8, 4) is 0 Å². The Morgan fingerprint density at radius 1 is 1.29 bits per heavy atom. The number of hydrogen-bond donors (Lipinski definition) is 1. The minimum Gasteiger partial charge on any atom is -0.315 e. The second kappa shape index (κ2) is 6.75. The lowest BCUT2D eigenvalue weighted by molar-refractivity contribution is 0.101. The van der Waals surface area contributed by atoms with Gasteiger partial charge in [0.1, 0.15) is 0 Å². The Morgan fingerprint density at radius 2 is 2.18 bits per heavy atom. The standard InChI is InChI=1S/C15H30N2/c1-3-5-7-13(4-2)12-17-9-6-8-14-10-16-11-15(14)17/h13-16H,3-12H2,1-2H3. The summed E-state index contributed by atoms with van der Waals surface area (Å²) in [5.74, 6) is 1.89. The van der Waals surface area contributed by atoms with E-state index < -0.39 is 0 Å². The van der Waals surface area contributed by atoms with Gasteiger partial charge in [-0.25, -0.2) is 0 Å². The molecular weight excluding hydrogens is 208 g/mol. The van der Waals surface area contributed by atoms with E-state index in [1.165, 1.54) is 64.7 Å². The fraction of sp³-hybridized carbons (Fsp3) is 1.00. The summed E-state index contributed by atoms with van der Waals surface area (Å²) in [6, 6.07) is 0.861. The molecule has 0 aliphatic carbocycles. The minimum absolute atomic E-state index is 0.861. The number of nitrogens with zero attached hydrogens (tertiary/aromatic N) is 1. The lowest BCUT2D eigenvalue weighted by Gasteiger charge is -2.39. The highest BCUT2D eigenvalue weighted by molar-refractivity contribution is 4.92. The van der Waals surface area contributed by atoms with Crippen LogP contribution in [-0.4, -0.2) is 37.1 Å².